The van der Waals surface area contributed by atoms with Crippen LogP contribution in [0.1, 0.15) is 223 Å². The molecule has 0 unspecified atom stereocenters. The van der Waals surface area contributed by atoms with Crippen molar-refractivity contribution in [1.29, 1.82) is 0 Å². The smallest absolute Gasteiger partial charge is 0.294 e. The molecule has 141 heavy (non-hydrogen) atoms. The number of carbonyl (C=O) groups is 5. The van der Waals surface area contributed by atoms with Crippen molar-refractivity contribution in [3.63, 3.8) is 0 Å². The molecule has 4 N–H and O–H groups in total. The van der Waals surface area contributed by atoms with Crippen molar-refractivity contribution in [3.8, 4) is 28.2 Å². The molecule has 8 aliphatic rings. The van der Waals surface area contributed by atoms with Gasteiger partial charge in [0.2, 0.25) is 50.2 Å². The lowest BCUT2D eigenvalue weighted by atomic mass is 9.71. The highest BCUT2D eigenvalue weighted by Gasteiger charge is 2.47. The quantitative estimate of drug-likeness (QED) is 0.00415. The maximum absolute atomic E-state index is 16.3. The van der Waals surface area contributed by atoms with Gasteiger partial charge in [0, 0.05) is 162 Å². The molecule has 6 aliphatic heterocycles. The zero-order chi connectivity index (χ0) is 99.7. The first-order chi connectivity index (χ1) is 67.5. The molecular weight excluding hydrogens is 1850 g/mol. The van der Waals surface area contributed by atoms with Crippen molar-refractivity contribution in [2.45, 2.75) is 217 Å². The monoisotopic (exact) mass is 1970 g/mol. The number of aryl methyl sites for hydroxylation is 3. The van der Waals surface area contributed by atoms with E-state index in [4.69, 9.17) is 9.15 Å². The Balaban J connectivity index is 0.510. The number of ether oxygens (including phenoxy) is 1. The molecular formula is C111H123F4N11O12S3+2. The maximum atomic E-state index is 16.3. The number of rotatable bonds is 36. The average molecular weight is 1980 g/mol. The number of aromatic nitrogens is 3. The van der Waals surface area contributed by atoms with Crippen LogP contribution in [0.5, 0.6) is 5.75 Å². The number of piperidine rings is 1. The Hall–Kier alpha value is -12.4. The van der Waals surface area contributed by atoms with Crippen LogP contribution in [-0.2, 0) is 63.7 Å². The second-order valence-electron chi connectivity index (χ2n) is 39.8. The molecule has 2 aliphatic carbocycles. The van der Waals surface area contributed by atoms with E-state index in [0.29, 0.717) is 65.5 Å². The number of hydrogen-bond donors (Lipinski definition) is 4. The van der Waals surface area contributed by atoms with Crippen molar-refractivity contribution in [2.75, 3.05) is 68.8 Å². The summed E-state index contributed by atoms with van der Waals surface area (Å²) in [7, 11) is -8.63. The van der Waals surface area contributed by atoms with Crippen molar-refractivity contribution in [1.82, 2.24) is 39.8 Å². The van der Waals surface area contributed by atoms with E-state index in [2.05, 4.69) is 160 Å². The van der Waals surface area contributed by atoms with Crippen LogP contribution in [0.25, 0.3) is 33.4 Å². The number of Topliss-reactive ketones (excluding diaryl/α,β-unsaturated/α-hetero) is 2. The predicted molar refractivity (Wildman–Crippen MR) is 542 cm³/mol. The summed E-state index contributed by atoms with van der Waals surface area (Å²) in [5, 5.41) is 23.2. The Morgan fingerprint density at radius 3 is 2.16 bits per heavy atom. The Bertz CT molecular complexity index is 7100. The molecule has 3 amide bonds. The number of fused-ring (bicyclic) bond motifs is 6. The van der Waals surface area contributed by atoms with Crippen molar-refractivity contribution in [2.24, 2.45) is 17.8 Å². The van der Waals surface area contributed by atoms with Crippen LogP contribution in [0.15, 0.2) is 207 Å². The SMILES string of the molecule is CC[N+]1=C(/C=C/C=C/C=C2/N(CCCCCCC(=O)NCCCC[C@@H](C(=O)COc3c(F)c(F)c(C(=O)CCCNC(=O)C4CCN(S(=O)(=O)c5ccccc5-c5c6ccc(=[N+]7CCc8cc(C)ccc87)cc-6oc6cc(N7CCc8cc(C)ccc87)ccc56)CC4)c(F)c3F)n3cc([C@](C)(NC(=O)c4ccsc4)C4CCC(C)CC4)nn3)c3ccc(C)cc3C2(C)C)C(C)(C)c2cc(S(=O)(=O)O)ccc21. The number of carbonyl (C=O) groups excluding carboxylic acids is 5. The standard InChI is InChI=1S/C111H121F4N11O12S3/c1-11-122-88-46-40-80(141(134,135)136)65-85(88)110(8,9)97(122)28-15-14-16-29-98-109(6,7)84-62-72(5)35-45-89(84)125(98)54-22-13-12-17-30-99(129)116-52-21-20-25-90(126-66-96(119-120-126)111(10,77-36-31-69(2)32-37-77)118-108(131)76-51-59-139-68-76)92(128)67-137-106-104(114)102(112)101(103(113)105(106)115)91(127)26-23-53-117-107(130)73-47-55-121(56-48-73)140(132,133)95-27-19-18-24-83(95)100-81-41-38-78(123-57-49-74-60-70(3)33-43-86(74)123)63-93(81)138-94-64-79(39-42-82(94)100)124-58-50-75-61-71(4)34-44-87(75)124/h14-16,18-19,24,27-29,33-35,38-46,51,59-66,68-69,73,77,90H,11-13,17,20-23,25-26,30-32,36-37,47-50,52-58,67H2,1-10H3,(H2-2,116,117,118,129,130,131,134,135,136)/p+2/t69?,77?,90-,111+/m0/s1. The third kappa shape index (κ3) is 20.6. The highest BCUT2D eigenvalue weighted by Crippen LogP contribution is 2.51. The first kappa shape index (κ1) is 100. The lowest BCUT2D eigenvalue weighted by molar-refractivity contribution is -0.433. The summed E-state index contributed by atoms with van der Waals surface area (Å²) in [5.74, 6) is -12.6. The molecule has 30 heteroatoms. The molecule has 2 aromatic heterocycles. The van der Waals surface area contributed by atoms with Gasteiger partial charge < -0.3 is 34.9 Å². The van der Waals surface area contributed by atoms with Gasteiger partial charge in [0.05, 0.1) is 44.1 Å². The lowest BCUT2D eigenvalue weighted by Crippen LogP contribution is -2.50. The van der Waals surface area contributed by atoms with Crippen molar-refractivity contribution in [3.05, 3.63) is 277 Å². The number of allylic oxidation sites excluding steroid dienone is 6. The molecule has 0 spiro atoms. The van der Waals surface area contributed by atoms with Gasteiger partial charge in [0.15, 0.2) is 41.2 Å². The fourth-order valence-electron chi connectivity index (χ4n) is 21.7. The molecule has 738 valence electrons. The van der Waals surface area contributed by atoms with E-state index in [1.54, 1.807) is 47.3 Å². The molecule has 1 saturated carbocycles. The van der Waals surface area contributed by atoms with Gasteiger partial charge in [0.1, 0.15) is 36.2 Å². The highest BCUT2D eigenvalue weighted by molar-refractivity contribution is 7.89. The van der Waals surface area contributed by atoms with Gasteiger partial charge >= 0.3 is 0 Å². The number of amides is 3. The number of halogens is 4. The Labute approximate surface area is 825 Å². The molecule has 23 nitrogen and oxygen atoms in total. The van der Waals surface area contributed by atoms with E-state index in [-0.39, 0.29) is 91.2 Å². The number of ketones is 2. The van der Waals surface area contributed by atoms with Crippen LogP contribution in [0.3, 0.4) is 0 Å². The minimum absolute atomic E-state index is 0.0102. The minimum Gasteiger partial charge on any atom is -0.479 e. The van der Waals surface area contributed by atoms with Gasteiger partial charge in [-0.25, -0.2) is 21.9 Å². The molecule has 0 radical (unpaired) electrons. The number of benzene rings is 8. The van der Waals surface area contributed by atoms with Gasteiger partial charge in [-0.3, -0.25) is 28.5 Å². The van der Waals surface area contributed by atoms with Gasteiger partial charge in [-0.2, -0.15) is 42.0 Å². The number of nitrogens with one attached hydrogen (secondary N) is 3. The molecule has 0 bridgehead atoms. The third-order valence-corrected chi connectivity index (χ3v) is 33.1. The van der Waals surface area contributed by atoms with E-state index in [1.807, 2.05) is 88.4 Å². The van der Waals surface area contributed by atoms with Crippen LogP contribution >= 0.6 is 11.3 Å². The van der Waals surface area contributed by atoms with Gasteiger partial charge in [-0.05, 0) is 214 Å². The summed E-state index contributed by atoms with van der Waals surface area (Å²) in [6.07, 6.45) is 20.4. The number of unbranched alkanes of at least 4 members (excludes halogenated alkanes) is 4. The average Bonchev–Trinajstić information content (AvgIpc) is 1.45. The summed E-state index contributed by atoms with van der Waals surface area (Å²) in [6, 6.07) is 43.8. The number of sulfonamides is 1. The molecule has 7 aromatic carbocycles. The summed E-state index contributed by atoms with van der Waals surface area (Å²) in [4.78, 5) is 74.2. The molecule has 9 aromatic rings. The zero-order valence-electron chi connectivity index (χ0n) is 81.6. The second-order valence-corrected chi connectivity index (χ2v) is 44.0. The van der Waals surface area contributed by atoms with Crippen LogP contribution in [0, 0.1) is 61.8 Å². The highest BCUT2D eigenvalue weighted by atomic mass is 32.2. The minimum atomic E-state index is -4.39. The number of anilines is 3. The van der Waals surface area contributed by atoms with Crippen LogP contribution < -0.4 is 40.4 Å². The van der Waals surface area contributed by atoms with Gasteiger partial charge in [0.25, 0.3) is 16.0 Å². The molecule has 2 fully saturated rings. The van der Waals surface area contributed by atoms with Crippen LogP contribution in [0.4, 0.5) is 46.0 Å². The van der Waals surface area contributed by atoms with Crippen molar-refractivity contribution < 1.29 is 76.7 Å². The molecule has 1 saturated heterocycles. The Morgan fingerprint density at radius 2 is 1.41 bits per heavy atom. The predicted octanol–water partition coefficient (Wildman–Crippen LogP) is 20.9. The van der Waals surface area contributed by atoms with Crippen molar-refractivity contribution >= 4 is 106 Å². The Kier molecular flexibility index (Phi) is 29.6. The van der Waals surface area contributed by atoms with Crippen LogP contribution in [-0.4, -0.2) is 139 Å². The first-order valence-corrected chi connectivity index (χ1v) is 53.1. The molecule has 17 rings (SSSR count). The summed E-state index contributed by atoms with van der Waals surface area (Å²) < 4.78 is 149. The van der Waals surface area contributed by atoms with E-state index in [1.165, 1.54) is 54.2 Å². The first-order valence-electron chi connectivity index (χ1n) is 49.3. The van der Waals surface area contributed by atoms with Gasteiger partial charge in [-0.1, -0.05) is 135 Å². The fraction of sp³-hybridized carbons (Fsp3) is 0.396. The molecule has 8 heterocycles. The number of thiophene rings is 1. The fourth-order valence-corrected chi connectivity index (χ4v) is 24.5. The topological polar surface area (TPSA) is 279 Å². The summed E-state index contributed by atoms with van der Waals surface area (Å²) >= 11 is 1.37. The van der Waals surface area contributed by atoms with E-state index >= 15 is 26.0 Å². The van der Waals surface area contributed by atoms with Crippen LogP contribution in [0.2, 0.25) is 0 Å². The molecule has 2 atom stereocenters. The van der Waals surface area contributed by atoms with E-state index in [0.717, 1.165) is 145 Å². The third-order valence-electron chi connectivity index (χ3n) is 29.7. The van der Waals surface area contributed by atoms with E-state index < -0.39 is 108 Å². The largest absolute Gasteiger partial charge is 0.479 e. The number of nitrogens with zero attached hydrogens (tertiary/aromatic N) is 8. The summed E-state index contributed by atoms with van der Waals surface area (Å²) in [5.41, 5.74) is 15.3. The summed E-state index contributed by atoms with van der Waals surface area (Å²) in [6.45, 7) is 22.8. The second kappa shape index (κ2) is 41.7. The maximum Gasteiger partial charge on any atom is 0.294 e. The van der Waals surface area contributed by atoms with Gasteiger partial charge in [-0.15, -0.1) is 5.10 Å². The lowest BCUT2D eigenvalue weighted by Gasteiger charge is -2.40. The van der Waals surface area contributed by atoms with E-state index in [9.17, 15) is 36.9 Å². The normalized spacial score (nSPS) is 18.3. The number of hydrogen-bond acceptors (Lipinski definition) is 16. The zero-order valence-corrected chi connectivity index (χ0v) is 84.0. The Morgan fingerprint density at radius 1 is 0.695 bits per heavy atom.